The molecule has 5 N–H and O–H groups in total. The van der Waals surface area contributed by atoms with Crippen molar-refractivity contribution in [1.82, 2.24) is 4.98 Å². The molecule has 1 heterocycles. The highest BCUT2D eigenvalue weighted by atomic mass is 32.2. The summed E-state index contributed by atoms with van der Waals surface area (Å²) >= 11 is 0. The fourth-order valence-electron chi connectivity index (χ4n) is 2.69. The molecule has 1 aromatic heterocycles. The molecule has 1 amide bonds. The van der Waals surface area contributed by atoms with Crippen molar-refractivity contribution in [2.45, 2.75) is 11.3 Å². The maximum absolute atomic E-state index is 13.3. The molecule has 0 radical (unpaired) electrons. The van der Waals surface area contributed by atoms with Gasteiger partial charge in [0.05, 0.1) is 11.3 Å². The van der Waals surface area contributed by atoms with Gasteiger partial charge in [-0.2, -0.15) is 0 Å². The standard InChI is InChI=1S/C16H14FN3O3S/c17-11-2-3-12-13(8-20-14(12)7-11)9-1-4-15(24(19,22)23)10(5-9)6-16(18)21/h1-5,7-8,20H,6H2,(H2,18,21)(H2,19,22,23). The maximum atomic E-state index is 13.3. The van der Waals surface area contributed by atoms with Crippen LogP contribution in [0.15, 0.2) is 47.5 Å². The molecule has 124 valence electrons. The van der Waals surface area contributed by atoms with Crippen molar-refractivity contribution in [2.75, 3.05) is 0 Å². The van der Waals surface area contributed by atoms with Gasteiger partial charge in [0.15, 0.2) is 0 Å². The van der Waals surface area contributed by atoms with Crippen molar-refractivity contribution in [2.24, 2.45) is 10.9 Å². The van der Waals surface area contributed by atoms with Crippen LogP contribution in [0.4, 0.5) is 4.39 Å². The average molecular weight is 347 g/mol. The summed E-state index contributed by atoms with van der Waals surface area (Å²) in [5, 5.41) is 5.95. The molecule has 8 heteroatoms. The number of H-pyrrole nitrogens is 1. The molecule has 0 fully saturated rings. The summed E-state index contributed by atoms with van der Waals surface area (Å²) in [6, 6.07) is 8.79. The zero-order valence-corrected chi connectivity index (χ0v) is 13.2. The molecule has 0 atom stereocenters. The number of aromatic nitrogens is 1. The van der Waals surface area contributed by atoms with Crippen LogP contribution in [0.2, 0.25) is 0 Å². The molecule has 0 aliphatic heterocycles. The van der Waals surface area contributed by atoms with Crippen LogP contribution in [0.5, 0.6) is 0 Å². The van der Waals surface area contributed by atoms with Gasteiger partial charge in [0, 0.05) is 22.7 Å². The summed E-state index contributed by atoms with van der Waals surface area (Å²) in [7, 11) is -3.98. The molecule has 24 heavy (non-hydrogen) atoms. The Balaban J connectivity index is 2.19. The van der Waals surface area contributed by atoms with Gasteiger partial charge < -0.3 is 10.7 Å². The Morgan fingerprint density at radius 3 is 2.58 bits per heavy atom. The van der Waals surface area contributed by atoms with Crippen LogP contribution in [0.1, 0.15) is 5.56 Å². The number of fused-ring (bicyclic) bond motifs is 1. The van der Waals surface area contributed by atoms with Crippen LogP contribution < -0.4 is 10.9 Å². The number of benzene rings is 2. The van der Waals surface area contributed by atoms with E-state index in [0.717, 1.165) is 10.9 Å². The monoisotopic (exact) mass is 347 g/mol. The molecule has 0 aliphatic carbocycles. The summed E-state index contributed by atoms with van der Waals surface area (Å²) in [6.45, 7) is 0. The normalized spacial score (nSPS) is 11.8. The van der Waals surface area contributed by atoms with E-state index >= 15 is 0 Å². The van der Waals surface area contributed by atoms with Crippen LogP contribution in [-0.4, -0.2) is 19.3 Å². The van der Waals surface area contributed by atoms with E-state index in [1.54, 1.807) is 24.4 Å². The third-order valence-corrected chi connectivity index (χ3v) is 4.70. The van der Waals surface area contributed by atoms with Crippen molar-refractivity contribution in [1.29, 1.82) is 0 Å². The van der Waals surface area contributed by atoms with Crippen molar-refractivity contribution in [3.63, 3.8) is 0 Å². The predicted octanol–water partition coefficient (Wildman–Crippen LogP) is 1.65. The highest BCUT2D eigenvalue weighted by molar-refractivity contribution is 7.89. The number of amides is 1. The van der Waals surface area contributed by atoms with Crippen molar-refractivity contribution < 1.29 is 17.6 Å². The number of nitrogens with one attached hydrogen (secondary N) is 1. The Labute approximate surface area is 137 Å². The molecule has 0 saturated carbocycles. The van der Waals surface area contributed by atoms with Gasteiger partial charge in [-0.25, -0.2) is 17.9 Å². The summed E-state index contributed by atoms with van der Waals surface area (Å²) in [4.78, 5) is 14.0. The van der Waals surface area contributed by atoms with Gasteiger partial charge >= 0.3 is 0 Å². The predicted molar refractivity (Wildman–Crippen MR) is 88.0 cm³/mol. The second-order valence-electron chi connectivity index (χ2n) is 5.40. The zero-order valence-electron chi connectivity index (χ0n) is 12.4. The fraction of sp³-hybridized carbons (Fsp3) is 0.0625. The lowest BCUT2D eigenvalue weighted by molar-refractivity contribution is -0.117. The first-order valence-electron chi connectivity index (χ1n) is 6.97. The largest absolute Gasteiger partial charge is 0.369 e. The minimum Gasteiger partial charge on any atom is -0.369 e. The second kappa shape index (κ2) is 5.73. The Morgan fingerprint density at radius 2 is 1.92 bits per heavy atom. The van der Waals surface area contributed by atoms with E-state index in [4.69, 9.17) is 10.9 Å². The van der Waals surface area contributed by atoms with Gasteiger partial charge in [-0.15, -0.1) is 0 Å². The van der Waals surface area contributed by atoms with E-state index in [-0.39, 0.29) is 22.7 Å². The van der Waals surface area contributed by atoms with Gasteiger partial charge in [0.1, 0.15) is 5.82 Å². The SMILES string of the molecule is NC(=O)Cc1cc(-c2c[nH]c3cc(F)ccc23)ccc1S(N)(=O)=O. The number of aromatic amines is 1. The van der Waals surface area contributed by atoms with Crippen LogP contribution in [0.25, 0.3) is 22.0 Å². The number of primary sulfonamides is 1. The highest BCUT2D eigenvalue weighted by Crippen LogP contribution is 2.31. The molecule has 0 saturated heterocycles. The van der Waals surface area contributed by atoms with Crippen molar-refractivity contribution in [3.8, 4) is 11.1 Å². The quantitative estimate of drug-likeness (QED) is 0.665. The summed E-state index contributed by atoms with van der Waals surface area (Å²) in [5.41, 5.74) is 7.43. The lowest BCUT2D eigenvalue weighted by Gasteiger charge is -2.09. The smallest absolute Gasteiger partial charge is 0.238 e. The molecular weight excluding hydrogens is 333 g/mol. The minimum atomic E-state index is -3.98. The van der Waals surface area contributed by atoms with E-state index in [0.29, 0.717) is 11.1 Å². The fourth-order valence-corrected chi connectivity index (χ4v) is 3.44. The molecular formula is C16H14FN3O3S. The van der Waals surface area contributed by atoms with E-state index in [9.17, 15) is 17.6 Å². The number of rotatable bonds is 4. The number of halogens is 1. The Bertz CT molecular complexity index is 1060. The summed E-state index contributed by atoms with van der Waals surface area (Å²) < 4.78 is 36.6. The van der Waals surface area contributed by atoms with Crippen LogP contribution in [0, 0.1) is 5.82 Å². The first-order valence-corrected chi connectivity index (χ1v) is 8.51. The van der Waals surface area contributed by atoms with Gasteiger partial charge in [0.25, 0.3) is 0 Å². The van der Waals surface area contributed by atoms with Crippen LogP contribution in [-0.2, 0) is 21.2 Å². The third kappa shape index (κ3) is 3.01. The maximum Gasteiger partial charge on any atom is 0.238 e. The lowest BCUT2D eigenvalue weighted by Crippen LogP contribution is -2.19. The van der Waals surface area contributed by atoms with Crippen molar-refractivity contribution in [3.05, 3.63) is 54.0 Å². The number of carbonyl (C=O) groups is 1. The van der Waals surface area contributed by atoms with E-state index in [1.165, 1.54) is 18.2 Å². The minimum absolute atomic E-state index is 0.143. The number of nitrogens with two attached hydrogens (primary N) is 2. The number of hydrogen-bond donors (Lipinski definition) is 3. The highest BCUT2D eigenvalue weighted by Gasteiger charge is 2.17. The molecule has 2 aromatic carbocycles. The molecule has 0 bridgehead atoms. The molecule has 6 nitrogen and oxygen atoms in total. The number of primary amides is 1. The number of carbonyl (C=O) groups excluding carboxylic acids is 1. The first kappa shape index (κ1) is 16.2. The number of sulfonamides is 1. The molecule has 3 aromatic rings. The third-order valence-electron chi connectivity index (χ3n) is 3.69. The van der Waals surface area contributed by atoms with Crippen LogP contribution in [0.3, 0.4) is 0 Å². The Kier molecular flexibility index (Phi) is 3.86. The van der Waals surface area contributed by atoms with Gasteiger partial charge in [0.2, 0.25) is 15.9 Å². The van der Waals surface area contributed by atoms with Crippen molar-refractivity contribution >= 4 is 26.8 Å². The lowest BCUT2D eigenvalue weighted by atomic mass is 10.0. The molecule has 0 spiro atoms. The molecule has 0 unspecified atom stereocenters. The molecule has 0 aliphatic rings. The Morgan fingerprint density at radius 1 is 1.17 bits per heavy atom. The zero-order chi connectivity index (χ0) is 17.5. The van der Waals surface area contributed by atoms with Gasteiger partial charge in [-0.05, 0) is 41.5 Å². The first-order chi connectivity index (χ1) is 11.3. The average Bonchev–Trinajstić information content (AvgIpc) is 2.88. The topological polar surface area (TPSA) is 119 Å². The van der Waals surface area contributed by atoms with Crippen LogP contribution >= 0.6 is 0 Å². The van der Waals surface area contributed by atoms with Gasteiger partial charge in [-0.1, -0.05) is 6.07 Å². The number of hydrogen-bond acceptors (Lipinski definition) is 3. The van der Waals surface area contributed by atoms with E-state index < -0.39 is 15.9 Å². The summed E-state index contributed by atoms with van der Waals surface area (Å²) in [6.07, 6.45) is 1.43. The summed E-state index contributed by atoms with van der Waals surface area (Å²) in [5.74, 6) is -1.03. The van der Waals surface area contributed by atoms with Gasteiger partial charge in [-0.3, -0.25) is 4.79 Å². The second-order valence-corrected chi connectivity index (χ2v) is 6.93. The van der Waals surface area contributed by atoms with E-state index in [2.05, 4.69) is 4.98 Å². The Hall–Kier alpha value is -2.71. The molecule has 3 rings (SSSR count). The van der Waals surface area contributed by atoms with E-state index in [1.807, 2.05) is 0 Å².